The van der Waals surface area contributed by atoms with Gasteiger partial charge >= 0.3 is 0 Å². The zero-order valence-electron chi connectivity index (χ0n) is 10.7. The summed E-state index contributed by atoms with van der Waals surface area (Å²) >= 11 is 0. The highest BCUT2D eigenvalue weighted by molar-refractivity contribution is 5.83. The van der Waals surface area contributed by atoms with Crippen LogP contribution in [0.4, 0.5) is 0 Å². The number of carbonyl (C=O) groups excluding carboxylic acids is 1. The first-order valence-corrected chi connectivity index (χ1v) is 6.64. The largest absolute Gasteiger partial charge is 0.368 e. The fraction of sp³-hybridized carbons (Fsp3) is 0.923. The first kappa shape index (κ1) is 13.7. The van der Waals surface area contributed by atoms with Gasteiger partial charge in [0.1, 0.15) is 6.10 Å². The smallest absolute Gasteiger partial charge is 0.162 e. The second kappa shape index (κ2) is 7.80. The topological polar surface area (TPSA) is 29.5 Å². The Labute approximate surface area is 99.1 Å². The molecule has 16 heavy (non-hydrogen) atoms. The predicted octanol–water partition coefficient (Wildman–Crippen LogP) is 2.25. The number of ketones is 1. The van der Waals surface area contributed by atoms with Crippen molar-refractivity contribution in [2.75, 3.05) is 26.2 Å². The van der Waals surface area contributed by atoms with Crippen molar-refractivity contribution in [3.8, 4) is 0 Å². The Morgan fingerprint density at radius 1 is 1.31 bits per heavy atom. The molecule has 0 aromatic carbocycles. The number of hydrogen-bond acceptors (Lipinski definition) is 3. The third-order valence-electron chi connectivity index (χ3n) is 3.23. The van der Waals surface area contributed by atoms with Crippen LogP contribution in [0.25, 0.3) is 0 Å². The second-order valence-corrected chi connectivity index (χ2v) is 4.53. The van der Waals surface area contributed by atoms with Gasteiger partial charge in [0.2, 0.25) is 0 Å². The van der Waals surface area contributed by atoms with Gasteiger partial charge in [-0.25, -0.2) is 0 Å². The van der Waals surface area contributed by atoms with Gasteiger partial charge in [-0.3, -0.25) is 9.69 Å². The highest BCUT2D eigenvalue weighted by Gasteiger charge is 2.24. The Morgan fingerprint density at radius 2 is 2.12 bits per heavy atom. The first-order chi connectivity index (χ1) is 7.77. The van der Waals surface area contributed by atoms with Gasteiger partial charge < -0.3 is 4.74 Å². The minimum atomic E-state index is -0.157. The molecule has 0 saturated carbocycles. The van der Waals surface area contributed by atoms with Gasteiger partial charge in [0.15, 0.2) is 5.78 Å². The minimum absolute atomic E-state index is 0.157. The monoisotopic (exact) mass is 227 g/mol. The van der Waals surface area contributed by atoms with Gasteiger partial charge in [-0.2, -0.15) is 0 Å². The Balaban J connectivity index is 2.19. The SMILES string of the molecule is CCCCCCC(=O)C1CN(CC)CCO1. The molecule has 3 heteroatoms. The lowest BCUT2D eigenvalue weighted by Crippen LogP contribution is -2.45. The molecule has 0 bridgehead atoms. The molecule has 1 fully saturated rings. The van der Waals surface area contributed by atoms with Crippen molar-refractivity contribution in [3.63, 3.8) is 0 Å². The standard InChI is InChI=1S/C13H25NO2/c1-3-5-6-7-8-12(15)13-11-14(4-2)9-10-16-13/h13H,3-11H2,1-2H3. The number of rotatable bonds is 7. The van der Waals surface area contributed by atoms with Crippen LogP contribution in [0.2, 0.25) is 0 Å². The summed E-state index contributed by atoms with van der Waals surface area (Å²) in [6, 6.07) is 0. The molecule has 1 rings (SSSR count). The van der Waals surface area contributed by atoms with Crippen LogP contribution in [0, 0.1) is 0 Å². The molecule has 0 spiro atoms. The Morgan fingerprint density at radius 3 is 2.81 bits per heavy atom. The van der Waals surface area contributed by atoms with Gasteiger partial charge in [0, 0.05) is 19.5 Å². The molecule has 1 aliphatic heterocycles. The molecule has 0 aromatic heterocycles. The number of carbonyl (C=O) groups is 1. The van der Waals surface area contributed by atoms with Crippen molar-refractivity contribution in [2.45, 2.75) is 52.1 Å². The van der Waals surface area contributed by atoms with E-state index < -0.39 is 0 Å². The minimum Gasteiger partial charge on any atom is -0.368 e. The lowest BCUT2D eigenvalue weighted by atomic mass is 10.1. The van der Waals surface area contributed by atoms with E-state index in [0.29, 0.717) is 18.8 Å². The molecule has 1 aliphatic rings. The second-order valence-electron chi connectivity index (χ2n) is 4.53. The van der Waals surface area contributed by atoms with Gasteiger partial charge in [0.25, 0.3) is 0 Å². The van der Waals surface area contributed by atoms with E-state index in [1.165, 1.54) is 19.3 Å². The van der Waals surface area contributed by atoms with Crippen LogP contribution in [0.5, 0.6) is 0 Å². The van der Waals surface area contributed by atoms with Crippen molar-refractivity contribution in [1.29, 1.82) is 0 Å². The maximum atomic E-state index is 11.9. The summed E-state index contributed by atoms with van der Waals surface area (Å²) in [5.74, 6) is 0.300. The molecule has 0 radical (unpaired) electrons. The Bertz CT molecular complexity index is 206. The third-order valence-corrected chi connectivity index (χ3v) is 3.23. The van der Waals surface area contributed by atoms with E-state index in [1.54, 1.807) is 0 Å². The van der Waals surface area contributed by atoms with E-state index in [1.807, 2.05) is 0 Å². The Kier molecular flexibility index (Phi) is 6.65. The summed E-state index contributed by atoms with van der Waals surface area (Å²) in [6.45, 7) is 7.81. The fourth-order valence-corrected chi connectivity index (χ4v) is 2.07. The summed E-state index contributed by atoms with van der Waals surface area (Å²) in [7, 11) is 0. The van der Waals surface area contributed by atoms with E-state index >= 15 is 0 Å². The van der Waals surface area contributed by atoms with E-state index in [-0.39, 0.29) is 6.10 Å². The van der Waals surface area contributed by atoms with Crippen LogP contribution in [-0.4, -0.2) is 43.0 Å². The molecule has 0 N–H and O–H groups in total. The van der Waals surface area contributed by atoms with Crippen molar-refractivity contribution >= 4 is 5.78 Å². The fourth-order valence-electron chi connectivity index (χ4n) is 2.07. The molecule has 0 amide bonds. The maximum Gasteiger partial charge on any atom is 0.162 e. The number of ether oxygens (including phenoxy) is 1. The van der Waals surface area contributed by atoms with Crippen LogP contribution in [0.15, 0.2) is 0 Å². The molecule has 1 unspecified atom stereocenters. The number of likely N-dealkylation sites (N-methyl/N-ethyl adjacent to an activating group) is 1. The highest BCUT2D eigenvalue weighted by Crippen LogP contribution is 2.10. The summed E-state index contributed by atoms with van der Waals surface area (Å²) in [5, 5.41) is 0. The van der Waals surface area contributed by atoms with Gasteiger partial charge in [-0.05, 0) is 13.0 Å². The molecule has 3 nitrogen and oxygen atoms in total. The summed E-state index contributed by atoms with van der Waals surface area (Å²) in [5.41, 5.74) is 0. The highest BCUT2D eigenvalue weighted by atomic mass is 16.5. The molecular formula is C13H25NO2. The number of Topliss-reactive ketones (excluding diaryl/α,β-unsaturated/α-hetero) is 1. The van der Waals surface area contributed by atoms with Crippen LogP contribution >= 0.6 is 0 Å². The third kappa shape index (κ3) is 4.62. The van der Waals surface area contributed by atoms with Crippen molar-refractivity contribution in [3.05, 3.63) is 0 Å². The molecule has 0 aromatic rings. The zero-order valence-corrected chi connectivity index (χ0v) is 10.7. The van der Waals surface area contributed by atoms with Crippen LogP contribution < -0.4 is 0 Å². The molecular weight excluding hydrogens is 202 g/mol. The lowest BCUT2D eigenvalue weighted by molar-refractivity contribution is -0.136. The quantitative estimate of drug-likeness (QED) is 0.625. The molecule has 1 heterocycles. The summed E-state index contributed by atoms with van der Waals surface area (Å²) < 4.78 is 5.54. The predicted molar refractivity (Wildman–Crippen MR) is 65.6 cm³/mol. The normalized spacial score (nSPS) is 22.2. The number of morpholine rings is 1. The molecule has 1 saturated heterocycles. The number of unbranched alkanes of at least 4 members (excludes halogenated alkanes) is 3. The van der Waals surface area contributed by atoms with Gasteiger partial charge in [-0.1, -0.05) is 33.1 Å². The van der Waals surface area contributed by atoms with Crippen molar-refractivity contribution < 1.29 is 9.53 Å². The number of hydrogen-bond donors (Lipinski definition) is 0. The van der Waals surface area contributed by atoms with E-state index in [9.17, 15) is 4.79 Å². The first-order valence-electron chi connectivity index (χ1n) is 6.64. The summed E-state index contributed by atoms with van der Waals surface area (Å²) in [6.07, 6.45) is 5.20. The lowest BCUT2D eigenvalue weighted by Gasteiger charge is -2.31. The van der Waals surface area contributed by atoms with E-state index in [2.05, 4.69) is 18.7 Å². The van der Waals surface area contributed by atoms with Crippen LogP contribution in [0.1, 0.15) is 46.0 Å². The van der Waals surface area contributed by atoms with Crippen molar-refractivity contribution in [1.82, 2.24) is 4.90 Å². The molecule has 1 atom stereocenters. The van der Waals surface area contributed by atoms with Gasteiger partial charge in [-0.15, -0.1) is 0 Å². The van der Waals surface area contributed by atoms with Crippen LogP contribution in [-0.2, 0) is 9.53 Å². The van der Waals surface area contributed by atoms with E-state index in [4.69, 9.17) is 4.74 Å². The average molecular weight is 227 g/mol. The zero-order chi connectivity index (χ0) is 11.8. The molecule has 0 aliphatic carbocycles. The molecule has 94 valence electrons. The number of nitrogens with zero attached hydrogens (tertiary/aromatic N) is 1. The van der Waals surface area contributed by atoms with E-state index in [0.717, 1.165) is 26.1 Å². The maximum absolute atomic E-state index is 11.9. The van der Waals surface area contributed by atoms with Crippen LogP contribution in [0.3, 0.4) is 0 Å². The van der Waals surface area contributed by atoms with Crippen molar-refractivity contribution in [2.24, 2.45) is 0 Å². The average Bonchev–Trinajstić information content (AvgIpc) is 2.34. The Hall–Kier alpha value is -0.410. The summed E-state index contributed by atoms with van der Waals surface area (Å²) in [4.78, 5) is 14.2. The van der Waals surface area contributed by atoms with Gasteiger partial charge in [0.05, 0.1) is 6.61 Å².